The molecule has 1 aromatic rings. The van der Waals surface area contributed by atoms with Crippen molar-refractivity contribution in [3.63, 3.8) is 0 Å². The summed E-state index contributed by atoms with van der Waals surface area (Å²) in [5.74, 6) is -0.653. The lowest BCUT2D eigenvalue weighted by Crippen LogP contribution is -2.45. The minimum atomic E-state index is -3.87. The van der Waals surface area contributed by atoms with Gasteiger partial charge in [-0.25, -0.2) is 12.8 Å². The van der Waals surface area contributed by atoms with Gasteiger partial charge in [-0.3, -0.25) is 4.79 Å². The fourth-order valence-corrected chi connectivity index (χ4v) is 5.55. The average Bonchev–Trinajstić information content (AvgIpc) is 2.69. The number of halogens is 1. The number of nitrogens with zero attached hydrogens (tertiary/aromatic N) is 1. The highest BCUT2D eigenvalue weighted by Gasteiger charge is 2.34. The minimum Gasteiger partial charge on any atom is -0.495 e. The van der Waals surface area contributed by atoms with Crippen molar-refractivity contribution in [2.24, 2.45) is 5.92 Å². The second-order valence-electron chi connectivity index (χ2n) is 7.32. The predicted octanol–water partition coefficient (Wildman–Crippen LogP) is 2.68. The number of carbonyl (C=O) groups is 1. The Balaban J connectivity index is 1.63. The van der Waals surface area contributed by atoms with Crippen LogP contribution in [0.3, 0.4) is 0 Å². The number of rotatable bonds is 5. The summed E-state index contributed by atoms with van der Waals surface area (Å²) in [6.07, 6.45) is 6.52. The molecule has 2 fully saturated rings. The molecule has 1 N–H and O–H groups in total. The van der Waals surface area contributed by atoms with Crippen LogP contribution in [0.1, 0.15) is 44.9 Å². The van der Waals surface area contributed by atoms with E-state index in [0.29, 0.717) is 12.8 Å². The van der Waals surface area contributed by atoms with E-state index < -0.39 is 15.8 Å². The smallest absolute Gasteiger partial charge is 0.246 e. The van der Waals surface area contributed by atoms with Crippen molar-refractivity contribution in [2.75, 3.05) is 20.2 Å². The zero-order valence-corrected chi connectivity index (χ0v) is 16.4. The number of carbonyl (C=O) groups excluding carboxylic acids is 1. The molecule has 1 saturated carbocycles. The van der Waals surface area contributed by atoms with Crippen LogP contribution in [0, 0.1) is 11.7 Å². The maximum Gasteiger partial charge on any atom is 0.246 e. The maximum absolute atomic E-state index is 13.6. The fourth-order valence-electron chi connectivity index (χ4n) is 3.92. The fraction of sp³-hybridized carbons (Fsp3) is 0.632. The molecule has 1 saturated heterocycles. The summed E-state index contributed by atoms with van der Waals surface area (Å²) in [5.41, 5.74) is 0. The molecule has 27 heavy (non-hydrogen) atoms. The van der Waals surface area contributed by atoms with Crippen LogP contribution in [0.15, 0.2) is 23.1 Å². The molecule has 3 rings (SSSR count). The highest BCUT2D eigenvalue weighted by atomic mass is 32.2. The standard InChI is InChI=1S/C19H27FN2O4S/c1-26-17-8-7-15(20)13-18(17)27(24,25)22-11-9-14(10-12-22)19(23)21-16-5-3-2-4-6-16/h7-8,13-14,16H,2-6,9-12H2,1H3,(H,21,23). The van der Waals surface area contributed by atoms with Gasteiger partial charge in [0.15, 0.2) is 0 Å². The molecule has 0 radical (unpaired) electrons. The van der Waals surface area contributed by atoms with Gasteiger partial charge in [0, 0.05) is 25.0 Å². The first-order chi connectivity index (χ1) is 12.9. The summed E-state index contributed by atoms with van der Waals surface area (Å²) in [5, 5.41) is 3.12. The molecule has 0 atom stereocenters. The molecular formula is C19H27FN2O4S. The first kappa shape index (κ1) is 20.1. The van der Waals surface area contributed by atoms with Gasteiger partial charge in [0.2, 0.25) is 15.9 Å². The monoisotopic (exact) mass is 398 g/mol. The topological polar surface area (TPSA) is 75.7 Å². The van der Waals surface area contributed by atoms with Crippen LogP contribution in [0.2, 0.25) is 0 Å². The van der Waals surface area contributed by atoms with Gasteiger partial charge < -0.3 is 10.1 Å². The van der Waals surface area contributed by atoms with Crippen LogP contribution in [0.5, 0.6) is 5.75 Å². The number of hydrogen-bond acceptors (Lipinski definition) is 4. The van der Waals surface area contributed by atoms with Crippen molar-refractivity contribution in [2.45, 2.75) is 55.9 Å². The highest BCUT2D eigenvalue weighted by Crippen LogP contribution is 2.30. The SMILES string of the molecule is COc1ccc(F)cc1S(=O)(=O)N1CCC(C(=O)NC2CCCCC2)CC1. The molecule has 1 aromatic carbocycles. The largest absolute Gasteiger partial charge is 0.495 e. The Morgan fingerprint density at radius 3 is 2.44 bits per heavy atom. The van der Waals surface area contributed by atoms with E-state index in [1.807, 2.05) is 0 Å². The summed E-state index contributed by atoms with van der Waals surface area (Å²) in [6, 6.07) is 3.71. The normalized spacial score (nSPS) is 20.4. The molecule has 0 bridgehead atoms. The van der Waals surface area contributed by atoms with E-state index in [4.69, 9.17) is 4.74 Å². The molecule has 6 nitrogen and oxygen atoms in total. The number of amides is 1. The van der Waals surface area contributed by atoms with E-state index in [9.17, 15) is 17.6 Å². The maximum atomic E-state index is 13.6. The molecule has 1 heterocycles. The van der Waals surface area contributed by atoms with E-state index in [1.165, 1.54) is 30.0 Å². The van der Waals surface area contributed by atoms with Gasteiger partial charge in [-0.15, -0.1) is 0 Å². The molecule has 1 aliphatic carbocycles. The van der Waals surface area contributed by atoms with Crippen molar-refractivity contribution in [3.05, 3.63) is 24.0 Å². The molecule has 0 spiro atoms. The first-order valence-electron chi connectivity index (χ1n) is 9.56. The molecule has 8 heteroatoms. The zero-order chi connectivity index (χ0) is 19.4. The Labute approximate surface area is 160 Å². The molecule has 0 unspecified atom stereocenters. The Kier molecular flexibility index (Phi) is 6.37. The van der Waals surface area contributed by atoms with E-state index >= 15 is 0 Å². The Bertz CT molecular complexity index is 770. The lowest BCUT2D eigenvalue weighted by molar-refractivity contribution is -0.127. The summed E-state index contributed by atoms with van der Waals surface area (Å²) in [7, 11) is -2.51. The number of sulfonamides is 1. The van der Waals surface area contributed by atoms with Crippen LogP contribution in [-0.4, -0.2) is 44.9 Å². The summed E-state index contributed by atoms with van der Waals surface area (Å²) < 4.78 is 45.8. The van der Waals surface area contributed by atoms with Crippen LogP contribution in [-0.2, 0) is 14.8 Å². The number of piperidine rings is 1. The van der Waals surface area contributed by atoms with Crippen LogP contribution >= 0.6 is 0 Å². The molecule has 1 aliphatic heterocycles. The lowest BCUT2D eigenvalue weighted by Gasteiger charge is -2.32. The number of methoxy groups -OCH3 is 1. The van der Waals surface area contributed by atoms with Crippen LogP contribution < -0.4 is 10.1 Å². The van der Waals surface area contributed by atoms with Gasteiger partial charge in [-0.1, -0.05) is 19.3 Å². The van der Waals surface area contributed by atoms with Gasteiger partial charge in [-0.2, -0.15) is 4.31 Å². The molecule has 2 aliphatic rings. The molecule has 0 aromatic heterocycles. The predicted molar refractivity (Wildman–Crippen MR) is 99.5 cm³/mol. The Morgan fingerprint density at radius 1 is 1.15 bits per heavy atom. The van der Waals surface area contributed by atoms with Crippen molar-refractivity contribution in [3.8, 4) is 5.75 Å². The second-order valence-corrected chi connectivity index (χ2v) is 9.22. The Hall–Kier alpha value is -1.67. The van der Waals surface area contributed by atoms with Crippen molar-refractivity contribution >= 4 is 15.9 Å². The minimum absolute atomic E-state index is 0.0299. The Morgan fingerprint density at radius 2 is 1.81 bits per heavy atom. The zero-order valence-electron chi connectivity index (χ0n) is 15.6. The second kappa shape index (κ2) is 8.56. The van der Waals surface area contributed by atoms with Crippen LogP contribution in [0.25, 0.3) is 0 Å². The van der Waals surface area contributed by atoms with E-state index in [2.05, 4.69) is 5.32 Å². The third-order valence-corrected chi connectivity index (χ3v) is 7.44. The van der Waals surface area contributed by atoms with E-state index in [1.54, 1.807) is 0 Å². The van der Waals surface area contributed by atoms with Gasteiger partial charge >= 0.3 is 0 Å². The summed E-state index contributed by atoms with van der Waals surface area (Å²) in [6.45, 7) is 0.482. The third kappa shape index (κ3) is 4.60. The first-order valence-corrected chi connectivity index (χ1v) is 11.0. The average molecular weight is 399 g/mol. The van der Waals surface area contributed by atoms with Gasteiger partial charge in [0.05, 0.1) is 7.11 Å². The number of ether oxygens (including phenoxy) is 1. The van der Waals surface area contributed by atoms with Gasteiger partial charge in [-0.05, 0) is 43.9 Å². The third-order valence-electron chi connectivity index (χ3n) is 5.52. The van der Waals surface area contributed by atoms with Gasteiger partial charge in [0.25, 0.3) is 0 Å². The summed E-state index contributed by atoms with van der Waals surface area (Å²) in [4.78, 5) is 12.3. The molecular weight excluding hydrogens is 371 g/mol. The quantitative estimate of drug-likeness (QED) is 0.827. The number of hydrogen-bond donors (Lipinski definition) is 1. The van der Waals surface area contributed by atoms with Crippen molar-refractivity contribution in [1.82, 2.24) is 9.62 Å². The number of nitrogens with one attached hydrogen (secondary N) is 1. The summed E-state index contributed by atoms with van der Waals surface area (Å²) >= 11 is 0. The number of benzene rings is 1. The van der Waals surface area contributed by atoms with Crippen LogP contribution in [0.4, 0.5) is 4.39 Å². The molecule has 1 amide bonds. The van der Waals surface area contributed by atoms with Crippen molar-refractivity contribution < 1.29 is 22.3 Å². The van der Waals surface area contributed by atoms with E-state index in [0.717, 1.165) is 31.7 Å². The lowest BCUT2D eigenvalue weighted by atomic mass is 9.93. The highest BCUT2D eigenvalue weighted by molar-refractivity contribution is 7.89. The van der Waals surface area contributed by atoms with Gasteiger partial charge in [0.1, 0.15) is 16.5 Å². The molecule has 150 valence electrons. The van der Waals surface area contributed by atoms with Crippen molar-refractivity contribution in [1.29, 1.82) is 0 Å². The van der Waals surface area contributed by atoms with E-state index in [-0.39, 0.29) is 41.6 Å².